The molecule has 2 aromatic rings. The number of alkyl halides is 2. The lowest BCUT2D eigenvalue weighted by Gasteiger charge is -2.28. The van der Waals surface area contributed by atoms with E-state index < -0.39 is 48.9 Å². The number of carbonyl (C=O) groups excluding carboxylic acids is 1. The zero-order chi connectivity index (χ0) is 26.3. The van der Waals surface area contributed by atoms with E-state index in [9.17, 15) is 19.3 Å². The number of halogens is 2. The molecular formula is C20H23BrFN4O9P. The number of aliphatic hydroxyl groups excluding tert-OH is 1. The zero-order valence-electron chi connectivity index (χ0n) is 19.1. The Kier molecular flexibility index (Phi) is 7.51. The van der Waals surface area contributed by atoms with Gasteiger partial charge in [0.25, 0.3) is 0 Å². The van der Waals surface area contributed by atoms with Crippen molar-refractivity contribution in [2.75, 3.05) is 18.2 Å². The molecular weight excluding hydrogens is 570 g/mol. The number of aryl methyl sites for hydroxylation is 1. The average Bonchev–Trinajstić information content (AvgIpc) is 3.06. The Bertz CT molecular complexity index is 1280. The second-order valence-electron chi connectivity index (χ2n) is 8.19. The van der Waals surface area contributed by atoms with Gasteiger partial charge in [-0.3, -0.25) is 29.6 Å². The van der Waals surface area contributed by atoms with Crippen molar-refractivity contribution < 1.29 is 42.6 Å². The topological polar surface area (TPSA) is 171 Å². The highest BCUT2D eigenvalue weighted by atomic mass is 79.9. The summed E-state index contributed by atoms with van der Waals surface area (Å²) < 4.78 is 48.6. The average molecular weight is 593 g/mol. The number of ether oxygens (including phenoxy) is 2. The molecule has 36 heavy (non-hydrogen) atoms. The van der Waals surface area contributed by atoms with E-state index >= 15 is 4.39 Å². The summed E-state index contributed by atoms with van der Waals surface area (Å²) in [6, 6.07) is 1.20. The molecule has 0 bridgehead atoms. The summed E-state index contributed by atoms with van der Waals surface area (Å²) >= 11 is 2.77. The lowest BCUT2D eigenvalue weighted by Crippen LogP contribution is -2.40. The van der Waals surface area contributed by atoms with Crippen LogP contribution in [0.3, 0.4) is 0 Å². The van der Waals surface area contributed by atoms with Crippen LogP contribution in [0.2, 0.25) is 0 Å². The van der Waals surface area contributed by atoms with Crippen molar-refractivity contribution >= 4 is 35.3 Å². The third-order valence-electron chi connectivity index (χ3n) is 5.71. The summed E-state index contributed by atoms with van der Waals surface area (Å²) in [5, 5.41) is 19.4. The number of aliphatic hydroxyl groups is 1. The van der Waals surface area contributed by atoms with Crippen molar-refractivity contribution in [3.8, 4) is 5.75 Å². The van der Waals surface area contributed by atoms with Crippen molar-refractivity contribution in [2.45, 2.75) is 49.9 Å². The lowest BCUT2D eigenvalue weighted by atomic mass is 10.1. The van der Waals surface area contributed by atoms with Gasteiger partial charge in [0.15, 0.2) is 17.8 Å². The first-order chi connectivity index (χ1) is 16.9. The summed E-state index contributed by atoms with van der Waals surface area (Å²) in [5.41, 5.74) is 2.49. The largest absolute Gasteiger partial charge is 0.461 e. The van der Waals surface area contributed by atoms with Gasteiger partial charge >= 0.3 is 19.3 Å². The van der Waals surface area contributed by atoms with E-state index in [4.69, 9.17) is 23.7 Å². The van der Waals surface area contributed by atoms with Crippen LogP contribution in [-0.4, -0.2) is 60.4 Å². The van der Waals surface area contributed by atoms with E-state index in [1.807, 2.05) is 0 Å². The minimum atomic E-state index is -3.76. The predicted octanol–water partition coefficient (Wildman–Crippen LogP) is 1.97. The van der Waals surface area contributed by atoms with E-state index in [1.54, 1.807) is 18.6 Å². The molecule has 4 heterocycles. The fourth-order valence-corrected chi connectivity index (χ4v) is 6.13. The number of fused-ring (bicyclic) bond motifs is 1. The standard InChI is InChI=1S/C20H23BrFN4O9P/c1-10-16-13(12(7-23-10)8-32-11(2)27)4-6-36(31,35-16)33-9-14-17(28)20(21,22)18(34-14)26-5-3-15(25-30)24-19(26)29/h3,5,7,14,17-18,28,30H,4,6,8-9H2,1-2H3,(H,24,25,29)/t14-,17+,18-,20?,36?/m1/s1. The molecule has 2 aromatic heterocycles. The molecule has 1 saturated heterocycles. The van der Waals surface area contributed by atoms with Crippen LogP contribution in [0.15, 0.2) is 23.3 Å². The number of aromatic nitrogens is 3. The summed E-state index contributed by atoms with van der Waals surface area (Å²) in [7, 11) is -3.76. The third kappa shape index (κ3) is 5.17. The van der Waals surface area contributed by atoms with Gasteiger partial charge in [-0.05, 0) is 35.3 Å². The highest BCUT2D eigenvalue weighted by Crippen LogP contribution is 2.55. The van der Waals surface area contributed by atoms with Crippen LogP contribution < -0.4 is 15.7 Å². The van der Waals surface area contributed by atoms with Gasteiger partial charge in [-0.1, -0.05) is 0 Å². The molecule has 4 rings (SSSR count). The van der Waals surface area contributed by atoms with Crippen LogP contribution >= 0.6 is 23.5 Å². The number of carbonyl (C=O) groups is 1. The van der Waals surface area contributed by atoms with Gasteiger partial charge in [0.1, 0.15) is 18.8 Å². The number of esters is 1. The van der Waals surface area contributed by atoms with Crippen LogP contribution in [0.1, 0.15) is 30.0 Å². The lowest BCUT2D eigenvalue weighted by molar-refractivity contribution is -0.142. The molecule has 0 aromatic carbocycles. The van der Waals surface area contributed by atoms with Crippen molar-refractivity contribution in [2.24, 2.45) is 0 Å². The minimum Gasteiger partial charge on any atom is -0.461 e. The molecule has 1 fully saturated rings. The molecule has 2 aliphatic heterocycles. The first-order valence-corrected chi connectivity index (χ1v) is 13.2. The first kappa shape index (κ1) is 26.6. The molecule has 5 atom stereocenters. The number of rotatable bonds is 7. The van der Waals surface area contributed by atoms with E-state index in [1.165, 1.54) is 13.0 Å². The summed E-state index contributed by atoms with van der Waals surface area (Å²) in [6.45, 7) is 2.41. The first-order valence-electron chi connectivity index (χ1n) is 10.7. The smallest absolute Gasteiger partial charge is 0.379 e. The van der Waals surface area contributed by atoms with Gasteiger partial charge in [0, 0.05) is 30.4 Å². The molecule has 13 nitrogen and oxygen atoms in total. The molecule has 0 saturated carbocycles. The molecule has 196 valence electrons. The van der Waals surface area contributed by atoms with Crippen molar-refractivity contribution in [1.29, 1.82) is 0 Å². The van der Waals surface area contributed by atoms with Crippen LogP contribution in [0, 0.1) is 6.92 Å². The molecule has 2 aliphatic rings. The van der Waals surface area contributed by atoms with Gasteiger partial charge < -0.3 is 19.1 Å². The fourth-order valence-electron chi connectivity index (χ4n) is 3.85. The van der Waals surface area contributed by atoms with Crippen molar-refractivity contribution in [3.05, 3.63) is 45.8 Å². The Balaban J connectivity index is 1.48. The van der Waals surface area contributed by atoms with E-state index in [2.05, 4.69) is 25.9 Å². The Morgan fingerprint density at radius 3 is 2.92 bits per heavy atom. The number of pyridine rings is 1. The number of hydrogen-bond donors (Lipinski definition) is 3. The summed E-state index contributed by atoms with van der Waals surface area (Å²) in [4.78, 5) is 31.1. The Morgan fingerprint density at radius 1 is 1.50 bits per heavy atom. The Labute approximate surface area is 212 Å². The predicted molar refractivity (Wildman–Crippen MR) is 124 cm³/mol. The van der Waals surface area contributed by atoms with Crippen LogP contribution in [0.4, 0.5) is 10.2 Å². The highest BCUT2D eigenvalue weighted by molar-refractivity contribution is 9.10. The van der Waals surface area contributed by atoms with Crippen LogP contribution in [-0.2, 0) is 36.4 Å². The van der Waals surface area contributed by atoms with Crippen LogP contribution in [0.5, 0.6) is 5.75 Å². The summed E-state index contributed by atoms with van der Waals surface area (Å²) in [6.07, 6.45) is -1.86. The van der Waals surface area contributed by atoms with E-state index in [0.29, 0.717) is 16.8 Å². The number of hydrogen-bond acceptors (Lipinski definition) is 12. The number of nitrogens with one attached hydrogen (secondary N) is 1. The minimum absolute atomic E-state index is 0.0175. The fraction of sp³-hybridized carbons (Fsp3) is 0.500. The number of nitrogens with zero attached hydrogens (tertiary/aromatic N) is 3. The molecule has 0 amide bonds. The molecule has 2 unspecified atom stereocenters. The van der Waals surface area contributed by atoms with Gasteiger partial charge in [0.05, 0.1) is 18.5 Å². The monoisotopic (exact) mass is 592 g/mol. The summed E-state index contributed by atoms with van der Waals surface area (Å²) in [5.74, 6) is -0.379. The Hall–Kier alpha value is -2.42. The zero-order valence-corrected chi connectivity index (χ0v) is 21.6. The normalized spacial score (nSPS) is 29.3. The van der Waals surface area contributed by atoms with Gasteiger partial charge in [-0.25, -0.2) is 13.8 Å². The molecule has 3 N–H and O–H groups in total. The second kappa shape index (κ2) is 10.1. The molecule has 0 spiro atoms. The van der Waals surface area contributed by atoms with E-state index in [0.717, 1.165) is 10.8 Å². The third-order valence-corrected chi connectivity index (χ3v) is 8.35. The molecule has 0 aliphatic carbocycles. The van der Waals surface area contributed by atoms with Crippen molar-refractivity contribution in [3.63, 3.8) is 0 Å². The Morgan fingerprint density at radius 2 is 2.25 bits per heavy atom. The van der Waals surface area contributed by atoms with Gasteiger partial charge in [0.2, 0.25) is 4.58 Å². The maximum Gasteiger partial charge on any atom is 0.379 e. The quantitative estimate of drug-likeness (QED) is 0.185. The van der Waals surface area contributed by atoms with Gasteiger partial charge in [-0.15, -0.1) is 0 Å². The number of anilines is 1. The van der Waals surface area contributed by atoms with E-state index in [-0.39, 0.29) is 30.8 Å². The highest BCUT2D eigenvalue weighted by Gasteiger charge is 2.57. The molecule has 0 radical (unpaired) electrons. The van der Waals surface area contributed by atoms with Gasteiger partial charge in [-0.2, -0.15) is 4.98 Å². The van der Waals surface area contributed by atoms with Crippen molar-refractivity contribution in [1.82, 2.24) is 14.5 Å². The SMILES string of the molecule is CC(=O)OCc1cnc(C)c2c1CCP(=O)(OC[C@H]1O[C@@H](n3ccc(NO)nc3=O)C(F)(Br)[C@H]1O)O2. The maximum absolute atomic E-state index is 15.3. The maximum atomic E-state index is 15.3. The molecule has 16 heteroatoms. The second-order valence-corrected chi connectivity index (χ2v) is 11.5. The van der Waals surface area contributed by atoms with Crippen LogP contribution in [0.25, 0.3) is 0 Å².